The number of thiophene rings is 1. The molecule has 0 bridgehead atoms. The summed E-state index contributed by atoms with van der Waals surface area (Å²) in [6.07, 6.45) is 1.38. The minimum Gasteiger partial charge on any atom is -0.421 e. The first kappa shape index (κ1) is 22.4. The Morgan fingerprint density at radius 2 is 2.12 bits per heavy atom. The standard InChI is InChI=1S/C19H13ClN4O5S3/c1-2-32(27,28)19-23-24-15(21)11(16(25)22-18(24)31-19)8-10-5-6-13(12(20)9-10)29-17(26)14-4-3-7-30-14/h3-9,21H,2H2,1H3/b11-8+,21-15?. The third kappa shape index (κ3) is 4.26. The maximum atomic E-state index is 12.5. The molecule has 1 aromatic carbocycles. The van der Waals surface area contributed by atoms with Crippen LogP contribution in [0.4, 0.5) is 0 Å². The first-order chi connectivity index (χ1) is 15.2. The maximum Gasteiger partial charge on any atom is 0.353 e. The number of sulfone groups is 1. The Bertz CT molecular complexity index is 1350. The number of thioether (sulfide) groups is 1. The minimum atomic E-state index is -3.61. The highest BCUT2D eigenvalue weighted by Crippen LogP contribution is 2.32. The summed E-state index contributed by atoms with van der Waals surface area (Å²) in [5.74, 6) is -1.57. The number of halogens is 1. The number of esters is 1. The molecule has 4 rings (SSSR count). The number of rotatable bonds is 4. The second-order valence-corrected chi connectivity index (χ2v) is 11.1. The van der Waals surface area contributed by atoms with Crippen LogP contribution >= 0.6 is 34.7 Å². The van der Waals surface area contributed by atoms with Gasteiger partial charge in [-0.2, -0.15) is 10.0 Å². The molecule has 0 unspecified atom stereocenters. The zero-order valence-electron chi connectivity index (χ0n) is 16.2. The van der Waals surface area contributed by atoms with Crippen molar-refractivity contribution in [2.24, 2.45) is 10.1 Å². The highest BCUT2D eigenvalue weighted by Gasteiger charge is 2.39. The molecule has 0 fully saturated rings. The number of amidine groups is 2. The van der Waals surface area contributed by atoms with Crippen molar-refractivity contribution in [3.63, 3.8) is 0 Å². The molecule has 3 heterocycles. The van der Waals surface area contributed by atoms with E-state index in [0.717, 1.165) is 16.8 Å². The normalized spacial score (nSPS) is 17.3. The number of hydrogen-bond acceptors (Lipinski definition) is 9. The number of amides is 1. The molecule has 0 spiro atoms. The molecule has 0 aliphatic carbocycles. The molecule has 2 aliphatic heterocycles. The number of ether oxygens (including phenoxy) is 1. The number of hydrogen-bond donors (Lipinski definition) is 1. The highest BCUT2D eigenvalue weighted by molar-refractivity contribution is 8.42. The first-order valence-electron chi connectivity index (χ1n) is 8.98. The van der Waals surface area contributed by atoms with Crippen molar-refractivity contribution in [2.45, 2.75) is 6.92 Å². The largest absolute Gasteiger partial charge is 0.421 e. The van der Waals surface area contributed by atoms with Gasteiger partial charge in [-0.25, -0.2) is 13.2 Å². The summed E-state index contributed by atoms with van der Waals surface area (Å²) < 4.78 is 29.2. The van der Waals surface area contributed by atoms with Gasteiger partial charge in [0.25, 0.3) is 5.91 Å². The summed E-state index contributed by atoms with van der Waals surface area (Å²) in [5, 5.41) is 15.2. The van der Waals surface area contributed by atoms with E-state index in [-0.39, 0.29) is 37.5 Å². The summed E-state index contributed by atoms with van der Waals surface area (Å²) in [6, 6.07) is 7.86. The van der Waals surface area contributed by atoms with Crippen molar-refractivity contribution < 1.29 is 22.7 Å². The third-order valence-electron chi connectivity index (χ3n) is 4.27. The minimum absolute atomic E-state index is 0.0121. The van der Waals surface area contributed by atoms with Crippen molar-refractivity contribution >= 4 is 77.9 Å². The molecule has 32 heavy (non-hydrogen) atoms. The molecule has 2 aromatic rings. The van der Waals surface area contributed by atoms with Gasteiger partial charge < -0.3 is 4.74 Å². The van der Waals surface area contributed by atoms with E-state index in [0.29, 0.717) is 10.4 Å². The van der Waals surface area contributed by atoms with Crippen molar-refractivity contribution in [1.82, 2.24) is 5.01 Å². The zero-order chi connectivity index (χ0) is 23.0. The van der Waals surface area contributed by atoms with Gasteiger partial charge in [-0.05, 0) is 47.0 Å². The molecule has 1 N–H and O–H groups in total. The quantitative estimate of drug-likeness (QED) is 0.379. The SMILES string of the molecule is CCS(=O)(=O)C1=NN2C(=N)/C(=C\c3ccc(OC(=O)c4cccs4)c(Cl)c3)C(=O)N=C2S1. The predicted molar refractivity (Wildman–Crippen MR) is 125 cm³/mol. The molecule has 1 aromatic heterocycles. The average molecular weight is 509 g/mol. The van der Waals surface area contributed by atoms with Gasteiger partial charge >= 0.3 is 5.97 Å². The molecule has 0 saturated carbocycles. The third-order valence-corrected chi connectivity index (χ3v) is 8.51. The van der Waals surface area contributed by atoms with Gasteiger partial charge in [0, 0.05) is 0 Å². The van der Waals surface area contributed by atoms with Crippen LogP contribution in [0.2, 0.25) is 5.02 Å². The molecular weight excluding hydrogens is 496 g/mol. The smallest absolute Gasteiger partial charge is 0.353 e. The first-order valence-corrected chi connectivity index (χ1v) is 12.7. The van der Waals surface area contributed by atoms with E-state index in [4.69, 9.17) is 21.7 Å². The highest BCUT2D eigenvalue weighted by atomic mass is 35.5. The number of nitrogens with one attached hydrogen (secondary N) is 1. The van der Waals surface area contributed by atoms with Crippen LogP contribution in [0.25, 0.3) is 6.08 Å². The van der Waals surface area contributed by atoms with Crippen molar-refractivity contribution in [3.8, 4) is 5.75 Å². The van der Waals surface area contributed by atoms with Crippen LogP contribution in [0.3, 0.4) is 0 Å². The van der Waals surface area contributed by atoms with Crippen LogP contribution in [-0.4, -0.2) is 46.4 Å². The second kappa shape index (κ2) is 8.62. The Labute approximate surface area is 195 Å². The number of carbonyl (C=O) groups excluding carboxylic acids is 2. The second-order valence-electron chi connectivity index (χ2n) is 6.35. The Morgan fingerprint density at radius 3 is 2.78 bits per heavy atom. The molecule has 0 saturated heterocycles. The van der Waals surface area contributed by atoms with E-state index >= 15 is 0 Å². The Kier molecular flexibility index (Phi) is 6.03. The van der Waals surface area contributed by atoms with Gasteiger partial charge in [0.15, 0.2) is 5.84 Å². The van der Waals surface area contributed by atoms with E-state index in [2.05, 4.69) is 10.1 Å². The lowest BCUT2D eigenvalue weighted by molar-refractivity contribution is -0.114. The van der Waals surface area contributed by atoms with Crippen LogP contribution in [0.1, 0.15) is 22.2 Å². The van der Waals surface area contributed by atoms with E-state index in [1.165, 1.54) is 36.5 Å². The van der Waals surface area contributed by atoms with Crippen LogP contribution < -0.4 is 4.74 Å². The lowest BCUT2D eigenvalue weighted by Crippen LogP contribution is -2.35. The zero-order valence-corrected chi connectivity index (χ0v) is 19.4. The molecule has 164 valence electrons. The van der Waals surface area contributed by atoms with Gasteiger partial charge in [0.05, 0.1) is 16.3 Å². The average Bonchev–Trinajstić information content (AvgIpc) is 3.43. The monoisotopic (exact) mass is 508 g/mol. The molecule has 1 amide bonds. The predicted octanol–water partition coefficient (Wildman–Crippen LogP) is 3.63. The number of aliphatic imine (C=N–C) groups is 1. The van der Waals surface area contributed by atoms with Crippen LogP contribution in [-0.2, 0) is 14.6 Å². The summed E-state index contributed by atoms with van der Waals surface area (Å²) in [7, 11) is -3.61. The summed E-state index contributed by atoms with van der Waals surface area (Å²) in [5.41, 5.74) is 0.363. The number of fused-ring (bicyclic) bond motifs is 1. The van der Waals surface area contributed by atoms with Gasteiger partial charge in [-0.3, -0.25) is 10.2 Å². The van der Waals surface area contributed by atoms with E-state index in [9.17, 15) is 18.0 Å². The van der Waals surface area contributed by atoms with Crippen LogP contribution in [0.15, 0.2) is 51.4 Å². The molecular formula is C19H13ClN4O5S3. The number of nitrogens with zero attached hydrogens (tertiary/aromatic N) is 3. The summed E-state index contributed by atoms with van der Waals surface area (Å²) in [6.45, 7) is 1.48. The fourth-order valence-electron chi connectivity index (χ4n) is 2.62. The van der Waals surface area contributed by atoms with Crippen LogP contribution in [0, 0.1) is 5.41 Å². The molecule has 0 atom stereocenters. The van der Waals surface area contributed by atoms with Crippen LogP contribution in [0.5, 0.6) is 5.75 Å². The molecule has 9 nitrogen and oxygen atoms in total. The number of hydrazone groups is 1. The summed E-state index contributed by atoms with van der Waals surface area (Å²) >= 11 is 8.20. The van der Waals surface area contributed by atoms with Crippen molar-refractivity contribution in [3.05, 3.63) is 56.7 Å². The lowest BCUT2D eigenvalue weighted by Gasteiger charge is -2.20. The van der Waals surface area contributed by atoms with Gasteiger partial charge in [-0.15, -0.1) is 16.4 Å². The molecule has 13 heteroatoms. The maximum absolute atomic E-state index is 12.5. The Hall–Kier alpha value is -2.80. The number of carbonyl (C=O) groups is 2. The van der Waals surface area contributed by atoms with Gasteiger partial charge in [0.1, 0.15) is 10.6 Å². The van der Waals surface area contributed by atoms with E-state index in [1.54, 1.807) is 23.6 Å². The number of benzene rings is 1. The van der Waals surface area contributed by atoms with Crippen molar-refractivity contribution in [1.29, 1.82) is 5.41 Å². The Morgan fingerprint density at radius 1 is 1.34 bits per heavy atom. The van der Waals surface area contributed by atoms with Gasteiger partial charge in [-0.1, -0.05) is 30.7 Å². The fourth-order valence-corrected chi connectivity index (χ4v) is 5.62. The lowest BCUT2D eigenvalue weighted by atomic mass is 10.1. The summed E-state index contributed by atoms with van der Waals surface area (Å²) in [4.78, 5) is 28.9. The van der Waals surface area contributed by atoms with E-state index in [1.807, 2.05) is 0 Å². The molecule has 2 aliphatic rings. The van der Waals surface area contributed by atoms with E-state index < -0.39 is 21.7 Å². The topological polar surface area (TPSA) is 129 Å². The van der Waals surface area contributed by atoms with Crippen molar-refractivity contribution in [2.75, 3.05) is 5.75 Å². The van der Waals surface area contributed by atoms with Gasteiger partial charge in [0.2, 0.25) is 19.4 Å². The molecule has 0 radical (unpaired) electrons. The fraction of sp³-hybridized carbons (Fsp3) is 0.105. The Balaban J connectivity index is 1.59.